The van der Waals surface area contributed by atoms with Crippen LogP contribution >= 0.6 is 0 Å². The van der Waals surface area contributed by atoms with Crippen molar-refractivity contribution in [2.45, 2.75) is 6.04 Å². The van der Waals surface area contributed by atoms with E-state index in [0.29, 0.717) is 23.2 Å². The summed E-state index contributed by atoms with van der Waals surface area (Å²) >= 11 is 0. The number of ether oxygens (including phenoxy) is 2. The van der Waals surface area contributed by atoms with Crippen LogP contribution in [-0.2, 0) is 9.53 Å². The molecule has 124 valence electrons. The molecule has 0 spiro atoms. The molecular weight excluding hydrogens is 318 g/mol. The van der Waals surface area contributed by atoms with Gasteiger partial charge in [-0.25, -0.2) is 9.79 Å². The van der Waals surface area contributed by atoms with Crippen molar-refractivity contribution in [3.05, 3.63) is 78.1 Å². The summed E-state index contributed by atoms with van der Waals surface area (Å²) in [5, 5.41) is 0. The number of esters is 1. The Balaban J connectivity index is 1.66. The summed E-state index contributed by atoms with van der Waals surface area (Å²) in [6.45, 7) is 0. The summed E-state index contributed by atoms with van der Waals surface area (Å²) in [6, 6.07) is 19.6. The van der Waals surface area contributed by atoms with Crippen molar-refractivity contribution in [3.63, 3.8) is 0 Å². The van der Waals surface area contributed by atoms with Crippen LogP contribution in [0.25, 0.3) is 11.3 Å². The molecule has 1 atom stereocenters. The van der Waals surface area contributed by atoms with Gasteiger partial charge in [-0.2, -0.15) is 0 Å². The van der Waals surface area contributed by atoms with E-state index in [1.165, 1.54) is 0 Å². The second kappa shape index (κ2) is 6.28. The molecule has 4 rings (SSSR count). The van der Waals surface area contributed by atoms with E-state index >= 15 is 0 Å². The Bertz CT molecular complexity index is 943. The molecule has 2 heterocycles. The first-order valence-corrected chi connectivity index (χ1v) is 7.84. The van der Waals surface area contributed by atoms with E-state index in [-0.39, 0.29) is 0 Å². The molecule has 0 fully saturated rings. The van der Waals surface area contributed by atoms with Crippen LogP contribution in [0.15, 0.2) is 76.1 Å². The highest BCUT2D eigenvalue weighted by Crippen LogP contribution is 2.34. The summed E-state index contributed by atoms with van der Waals surface area (Å²) in [7, 11) is 1.60. The van der Waals surface area contributed by atoms with Crippen LogP contribution < -0.4 is 4.74 Å². The summed E-state index contributed by atoms with van der Waals surface area (Å²) < 4.78 is 16.5. The van der Waals surface area contributed by atoms with E-state index in [9.17, 15) is 4.79 Å². The Labute approximate surface area is 144 Å². The van der Waals surface area contributed by atoms with Gasteiger partial charge in [-0.15, -0.1) is 0 Å². The van der Waals surface area contributed by atoms with Crippen molar-refractivity contribution in [3.8, 4) is 17.1 Å². The second-order valence-corrected chi connectivity index (χ2v) is 5.53. The minimum Gasteiger partial charge on any atom is -0.496 e. The maximum Gasteiger partial charge on any atom is 0.345 e. The van der Waals surface area contributed by atoms with E-state index < -0.39 is 12.0 Å². The standard InChI is InChI=1S/C20H15NO4/c1-23-15-10-6-5-9-14(15)16-11-12-17(24-16)18-20(22)25-19(21-18)13-7-3-2-4-8-13/h2-12,18H,1H3. The van der Waals surface area contributed by atoms with Crippen LogP contribution in [0.2, 0.25) is 0 Å². The van der Waals surface area contributed by atoms with Gasteiger partial charge in [-0.3, -0.25) is 0 Å². The number of methoxy groups -OCH3 is 1. The number of cyclic esters (lactones) is 1. The second-order valence-electron chi connectivity index (χ2n) is 5.53. The molecule has 1 aromatic heterocycles. The Morgan fingerprint density at radius 3 is 2.52 bits per heavy atom. The monoisotopic (exact) mass is 333 g/mol. The molecule has 0 N–H and O–H groups in total. The van der Waals surface area contributed by atoms with Gasteiger partial charge in [0.2, 0.25) is 11.9 Å². The van der Waals surface area contributed by atoms with E-state index in [1.807, 2.05) is 54.6 Å². The first-order chi connectivity index (χ1) is 12.3. The van der Waals surface area contributed by atoms with Crippen LogP contribution in [-0.4, -0.2) is 19.0 Å². The van der Waals surface area contributed by atoms with Crippen LogP contribution in [0, 0.1) is 0 Å². The Morgan fingerprint density at radius 2 is 1.72 bits per heavy atom. The molecule has 25 heavy (non-hydrogen) atoms. The molecule has 5 heteroatoms. The van der Waals surface area contributed by atoms with Crippen LogP contribution in [0.3, 0.4) is 0 Å². The SMILES string of the molecule is COc1ccccc1-c1ccc(C2N=C(c3ccccc3)OC2=O)o1. The van der Waals surface area contributed by atoms with E-state index in [2.05, 4.69) is 4.99 Å². The Morgan fingerprint density at radius 1 is 0.960 bits per heavy atom. The number of para-hydroxylation sites is 1. The molecular formula is C20H15NO4. The third kappa shape index (κ3) is 2.80. The van der Waals surface area contributed by atoms with Crippen molar-refractivity contribution in [1.82, 2.24) is 0 Å². The minimum absolute atomic E-state index is 0.311. The number of nitrogens with zero attached hydrogens (tertiary/aromatic N) is 1. The highest BCUT2D eigenvalue weighted by Gasteiger charge is 2.33. The van der Waals surface area contributed by atoms with Gasteiger partial charge in [-0.1, -0.05) is 30.3 Å². The van der Waals surface area contributed by atoms with Gasteiger partial charge >= 0.3 is 5.97 Å². The first-order valence-electron chi connectivity index (χ1n) is 7.84. The summed E-state index contributed by atoms with van der Waals surface area (Å²) in [5.41, 5.74) is 1.57. The van der Waals surface area contributed by atoms with Gasteiger partial charge in [0.25, 0.3) is 0 Å². The molecule has 3 aromatic rings. The number of benzene rings is 2. The van der Waals surface area contributed by atoms with E-state index in [4.69, 9.17) is 13.9 Å². The molecule has 5 nitrogen and oxygen atoms in total. The summed E-state index contributed by atoms with van der Waals surface area (Å²) in [4.78, 5) is 16.6. The minimum atomic E-state index is -0.793. The van der Waals surface area contributed by atoms with Gasteiger partial charge in [-0.05, 0) is 36.4 Å². The van der Waals surface area contributed by atoms with Crippen molar-refractivity contribution in [2.75, 3.05) is 7.11 Å². The highest BCUT2D eigenvalue weighted by atomic mass is 16.6. The largest absolute Gasteiger partial charge is 0.496 e. The van der Waals surface area contributed by atoms with Crippen molar-refractivity contribution in [1.29, 1.82) is 0 Å². The average molecular weight is 333 g/mol. The van der Waals surface area contributed by atoms with Gasteiger partial charge in [0.05, 0.1) is 12.7 Å². The van der Waals surface area contributed by atoms with Gasteiger partial charge in [0.15, 0.2) is 0 Å². The van der Waals surface area contributed by atoms with Crippen LogP contribution in [0.4, 0.5) is 0 Å². The lowest BCUT2D eigenvalue weighted by Gasteiger charge is -2.05. The fourth-order valence-electron chi connectivity index (χ4n) is 2.73. The third-order valence-electron chi connectivity index (χ3n) is 3.96. The van der Waals surface area contributed by atoms with E-state index in [0.717, 1.165) is 11.1 Å². The lowest BCUT2D eigenvalue weighted by molar-refractivity contribution is -0.135. The fourth-order valence-corrected chi connectivity index (χ4v) is 2.73. The molecule has 1 aliphatic rings. The molecule has 0 saturated heterocycles. The number of aliphatic imine (C=N–C) groups is 1. The highest BCUT2D eigenvalue weighted by molar-refractivity contribution is 6.06. The van der Waals surface area contributed by atoms with Crippen LogP contribution in [0.1, 0.15) is 17.4 Å². The maximum atomic E-state index is 12.2. The molecule has 0 aliphatic carbocycles. The smallest absolute Gasteiger partial charge is 0.345 e. The zero-order chi connectivity index (χ0) is 17.2. The quantitative estimate of drug-likeness (QED) is 0.677. The van der Waals surface area contributed by atoms with E-state index in [1.54, 1.807) is 19.2 Å². The lowest BCUT2D eigenvalue weighted by Crippen LogP contribution is -2.08. The molecule has 0 amide bonds. The average Bonchev–Trinajstić information content (AvgIpc) is 3.29. The van der Waals surface area contributed by atoms with Crippen molar-refractivity contribution in [2.24, 2.45) is 4.99 Å². The normalized spacial score (nSPS) is 16.4. The number of furan rings is 1. The van der Waals surface area contributed by atoms with Crippen molar-refractivity contribution >= 4 is 11.9 Å². The molecule has 0 saturated carbocycles. The van der Waals surface area contributed by atoms with Gasteiger partial charge in [0, 0.05) is 5.56 Å². The number of rotatable bonds is 4. The summed E-state index contributed by atoms with van der Waals surface area (Å²) in [5.74, 6) is 1.62. The zero-order valence-electron chi connectivity index (χ0n) is 13.5. The molecule has 1 aliphatic heterocycles. The fraction of sp³-hybridized carbons (Fsp3) is 0.100. The third-order valence-corrected chi connectivity index (χ3v) is 3.96. The Hall–Kier alpha value is -3.34. The predicted molar refractivity (Wildman–Crippen MR) is 92.5 cm³/mol. The predicted octanol–water partition coefficient (Wildman–Crippen LogP) is 4.00. The number of carbonyl (C=O) groups excluding carboxylic acids is 1. The van der Waals surface area contributed by atoms with Crippen LogP contribution in [0.5, 0.6) is 5.75 Å². The molecule has 0 radical (unpaired) electrons. The maximum absolute atomic E-state index is 12.2. The first kappa shape index (κ1) is 15.2. The number of hydrogen-bond acceptors (Lipinski definition) is 5. The molecule has 2 aromatic carbocycles. The topological polar surface area (TPSA) is 61.0 Å². The number of carbonyl (C=O) groups is 1. The van der Waals surface area contributed by atoms with Crippen molar-refractivity contribution < 1.29 is 18.7 Å². The summed E-state index contributed by atoms with van der Waals surface area (Å²) in [6.07, 6.45) is 0. The van der Waals surface area contributed by atoms with Gasteiger partial charge in [0.1, 0.15) is 17.3 Å². The zero-order valence-corrected chi connectivity index (χ0v) is 13.5. The lowest BCUT2D eigenvalue weighted by atomic mass is 10.1. The van der Waals surface area contributed by atoms with Gasteiger partial charge < -0.3 is 13.9 Å². The molecule has 0 bridgehead atoms. The number of hydrogen-bond donors (Lipinski definition) is 0. The Kier molecular flexibility index (Phi) is 3.82. The molecule has 1 unspecified atom stereocenters.